The van der Waals surface area contributed by atoms with Crippen molar-refractivity contribution >= 4 is 29.2 Å². The number of hydrogen-bond donors (Lipinski definition) is 0. The van der Waals surface area contributed by atoms with Gasteiger partial charge in [0, 0.05) is 12.4 Å². The molecule has 27 heavy (non-hydrogen) atoms. The molecule has 0 fully saturated rings. The van der Waals surface area contributed by atoms with Crippen molar-refractivity contribution in [2.24, 2.45) is 0 Å². The van der Waals surface area contributed by atoms with Gasteiger partial charge in [-0.25, -0.2) is 4.98 Å². The lowest BCUT2D eigenvalue weighted by molar-refractivity contribution is -0.149. The highest BCUT2D eigenvalue weighted by atomic mass is 35.5. The van der Waals surface area contributed by atoms with Gasteiger partial charge in [-0.1, -0.05) is 53.0 Å². The number of halogens is 2. The van der Waals surface area contributed by atoms with Gasteiger partial charge in [-0.2, -0.15) is 0 Å². The van der Waals surface area contributed by atoms with Gasteiger partial charge in [0.05, 0.1) is 29.3 Å². The minimum atomic E-state index is -0.407. The number of carbonyl (C=O) groups excluding carboxylic acids is 1. The summed E-state index contributed by atoms with van der Waals surface area (Å²) in [7, 11) is 0. The second-order valence-electron chi connectivity index (χ2n) is 6.52. The highest BCUT2D eigenvalue weighted by molar-refractivity contribution is 6.42. The van der Waals surface area contributed by atoms with Gasteiger partial charge >= 0.3 is 5.97 Å². The van der Waals surface area contributed by atoms with Crippen LogP contribution in [0.2, 0.25) is 10.0 Å². The second-order valence-corrected chi connectivity index (χ2v) is 7.34. The normalized spacial score (nSPS) is 12.0. The van der Waals surface area contributed by atoms with Crippen LogP contribution >= 0.6 is 23.2 Å². The number of carbonyl (C=O) groups is 1. The van der Waals surface area contributed by atoms with Crippen molar-refractivity contribution in [2.75, 3.05) is 0 Å². The molecule has 0 N–H and O–H groups in total. The summed E-state index contributed by atoms with van der Waals surface area (Å²) in [4.78, 5) is 16.6. The van der Waals surface area contributed by atoms with Gasteiger partial charge in [0.2, 0.25) is 0 Å². The molecule has 4 nitrogen and oxygen atoms in total. The summed E-state index contributed by atoms with van der Waals surface area (Å²) >= 11 is 12.0. The van der Waals surface area contributed by atoms with Gasteiger partial charge in [0.1, 0.15) is 6.10 Å². The molecule has 0 bridgehead atoms. The molecular weight excluding hydrogens is 383 g/mol. The zero-order valence-electron chi connectivity index (χ0n) is 15.2. The van der Waals surface area contributed by atoms with E-state index in [1.165, 1.54) is 5.56 Å². The number of aromatic nitrogens is 2. The number of nitrogens with zero attached hydrogens (tertiary/aromatic N) is 2. The third-order valence-corrected chi connectivity index (χ3v) is 5.05. The van der Waals surface area contributed by atoms with Crippen molar-refractivity contribution < 1.29 is 9.53 Å². The number of rotatable bonds is 6. The van der Waals surface area contributed by atoms with Crippen molar-refractivity contribution in [1.82, 2.24) is 9.55 Å². The first-order valence-electron chi connectivity index (χ1n) is 8.58. The van der Waals surface area contributed by atoms with E-state index < -0.39 is 6.10 Å². The second kappa shape index (κ2) is 8.59. The van der Waals surface area contributed by atoms with E-state index in [9.17, 15) is 4.79 Å². The molecule has 0 spiro atoms. The third-order valence-electron chi connectivity index (χ3n) is 4.31. The maximum atomic E-state index is 12.6. The molecule has 3 aromatic rings. The van der Waals surface area contributed by atoms with Gasteiger partial charge < -0.3 is 9.30 Å². The van der Waals surface area contributed by atoms with Crippen LogP contribution in [-0.4, -0.2) is 15.5 Å². The SMILES string of the molecule is Cc1ccc(C(Cn2ccnc2)OC(=O)Cc2ccc(Cl)c(Cl)c2)c(C)c1. The number of hydrogen-bond acceptors (Lipinski definition) is 3. The van der Waals surface area contributed by atoms with E-state index in [0.717, 1.165) is 16.7 Å². The zero-order valence-corrected chi connectivity index (χ0v) is 16.7. The highest BCUT2D eigenvalue weighted by Crippen LogP contribution is 2.26. The fourth-order valence-corrected chi connectivity index (χ4v) is 3.31. The fourth-order valence-electron chi connectivity index (χ4n) is 2.99. The molecule has 0 saturated heterocycles. The Morgan fingerprint density at radius 3 is 2.63 bits per heavy atom. The van der Waals surface area contributed by atoms with E-state index in [4.69, 9.17) is 27.9 Å². The minimum absolute atomic E-state index is 0.127. The average molecular weight is 403 g/mol. The van der Waals surface area contributed by atoms with E-state index in [0.29, 0.717) is 16.6 Å². The Hall–Kier alpha value is -2.30. The Morgan fingerprint density at radius 1 is 1.15 bits per heavy atom. The van der Waals surface area contributed by atoms with E-state index in [1.54, 1.807) is 30.7 Å². The predicted octanol–water partition coefficient (Wildman–Crippen LogP) is 5.33. The molecule has 6 heteroatoms. The lowest BCUT2D eigenvalue weighted by atomic mass is 10.0. The molecule has 140 valence electrons. The van der Waals surface area contributed by atoms with Gasteiger partial charge in [-0.3, -0.25) is 4.79 Å². The Balaban J connectivity index is 1.79. The van der Waals surface area contributed by atoms with Crippen molar-refractivity contribution in [3.05, 3.63) is 87.4 Å². The largest absolute Gasteiger partial charge is 0.455 e. The molecule has 0 radical (unpaired) electrons. The molecule has 1 aromatic heterocycles. The van der Waals surface area contributed by atoms with Gasteiger partial charge in [-0.15, -0.1) is 0 Å². The topological polar surface area (TPSA) is 44.1 Å². The van der Waals surface area contributed by atoms with Crippen LogP contribution in [0, 0.1) is 13.8 Å². The first kappa shape index (κ1) is 19.5. The molecule has 0 aliphatic carbocycles. The number of benzene rings is 2. The molecule has 3 rings (SSSR count). The Kier molecular flexibility index (Phi) is 6.19. The summed E-state index contributed by atoms with van der Waals surface area (Å²) in [5.41, 5.74) is 4.00. The van der Waals surface area contributed by atoms with Crippen LogP contribution in [0.4, 0.5) is 0 Å². The minimum Gasteiger partial charge on any atom is -0.455 e. The predicted molar refractivity (Wildman–Crippen MR) is 107 cm³/mol. The van der Waals surface area contributed by atoms with Crippen LogP contribution in [-0.2, 0) is 22.5 Å². The van der Waals surface area contributed by atoms with Crippen LogP contribution in [0.25, 0.3) is 0 Å². The molecule has 0 aliphatic heterocycles. The zero-order chi connectivity index (χ0) is 19.4. The summed E-state index contributed by atoms with van der Waals surface area (Å²) < 4.78 is 7.74. The lowest BCUT2D eigenvalue weighted by Gasteiger charge is -2.21. The Morgan fingerprint density at radius 2 is 1.96 bits per heavy atom. The number of esters is 1. The summed E-state index contributed by atoms with van der Waals surface area (Å²) in [5.74, 6) is -0.321. The van der Waals surface area contributed by atoms with E-state index in [-0.39, 0.29) is 12.4 Å². The molecule has 0 saturated carbocycles. The maximum absolute atomic E-state index is 12.6. The van der Waals surface area contributed by atoms with Crippen molar-refractivity contribution in [3.63, 3.8) is 0 Å². The molecule has 1 atom stereocenters. The molecule has 2 aromatic carbocycles. The van der Waals surface area contributed by atoms with E-state index in [2.05, 4.69) is 11.1 Å². The standard InChI is InChI=1S/C21H20Cl2N2O2/c1-14-3-5-17(15(2)9-14)20(12-25-8-7-24-13-25)27-21(26)11-16-4-6-18(22)19(23)10-16/h3-10,13,20H,11-12H2,1-2H3. The smallest absolute Gasteiger partial charge is 0.310 e. The van der Waals surface area contributed by atoms with Crippen LogP contribution in [0.5, 0.6) is 0 Å². The van der Waals surface area contributed by atoms with Crippen LogP contribution in [0.3, 0.4) is 0 Å². The van der Waals surface area contributed by atoms with Crippen molar-refractivity contribution in [2.45, 2.75) is 32.9 Å². The van der Waals surface area contributed by atoms with Crippen LogP contribution in [0.15, 0.2) is 55.1 Å². The van der Waals surface area contributed by atoms with E-state index >= 15 is 0 Å². The van der Waals surface area contributed by atoms with Crippen molar-refractivity contribution in [3.8, 4) is 0 Å². The summed E-state index contributed by atoms with van der Waals surface area (Å²) in [6.45, 7) is 4.56. The molecular formula is C21H20Cl2N2O2. The quantitative estimate of drug-likeness (QED) is 0.523. The van der Waals surface area contributed by atoms with Gasteiger partial charge in [-0.05, 0) is 42.7 Å². The highest BCUT2D eigenvalue weighted by Gasteiger charge is 2.20. The number of imidazole rings is 1. The van der Waals surface area contributed by atoms with Gasteiger partial charge in [0.15, 0.2) is 0 Å². The maximum Gasteiger partial charge on any atom is 0.310 e. The Labute approximate surface area is 168 Å². The van der Waals surface area contributed by atoms with Crippen molar-refractivity contribution in [1.29, 1.82) is 0 Å². The first-order valence-corrected chi connectivity index (χ1v) is 9.34. The lowest BCUT2D eigenvalue weighted by Crippen LogP contribution is -2.18. The molecule has 1 unspecified atom stereocenters. The van der Waals surface area contributed by atoms with E-state index in [1.807, 2.05) is 36.7 Å². The summed E-state index contributed by atoms with van der Waals surface area (Å²) in [6.07, 6.45) is 4.99. The average Bonchev–Trinajstić information content (AvgIpc) is 3.11. The summed E-state index contributed by atoms with van der Waals surface area (Å²) in [5, 5.41) is 0.883. The summed E-state index contributed by atoms with van der Waals surface area (Å²) in [6, 6.07) is 11.3. The molecule has 1 heterocycles. The fraction of sp³-hybridized carbons (Fsp3) is 0.238. The van der Waals surface area contributed by atoms with Crippen LogP contribution < -0.4 is 0 Å². The number of aryl methyl sites for hydroxylation is 2. The first-order chi connectivity index (χ1) is 12.9. The monoisotopic (exact) mass is 402 g/mol. The number of ether oxygens (including phenoxy) is 1. The van der Waals surface area contributed by atoms with Gasteiger partial charge in [0.25, 0.3) is 0 Å². The molecule has 0 amide bonds. The third kappa shape index (κ3) is 5.12. The van der Waals surface area contributed by atoms with Crippen LogP contribution in [0.1, 0.15) is 28.4 Å². The Bertz CT molecular complexity index is 939. The molecule has 0 aliphatic rings.